The van der Waals surface area contributed by atoms with E-state index >= 15 is 0 Å². The molecule has 0 spiro atoms. The molecular formula is C33H39N3O3. The van der Waals surface area contributed by atoms with Crippen LogP contribution in [0.1, 0.15) is 75.5 Å². The number of anilines is 1. The quantitative estimate of drug-likeness (QED) is 0.245. The summed E-state index contributed by atoms with van der Waals surface area (Å²) in [6.45, 7) is 6.78. The van der Waals surface area contributed by atoms with E-state index in [4.69, 9.17) is 9.47 Å². The van der Waals surface area contributed by atoms with Gasteiger partial charge in [0.2, 0.25) is 0 Å². The van der Waals surface area contributed by atoms with E-state index in [2.05, 4.69) is 29.4 Å². The molecule has 1 aliphatic carbocycles. The first-order chi connectivity index (χ1) is 18.8. The lowest BCUT2D eigenvalue weighted by atomic mass is 9.84. The van der Waals surface area contributed by atoms with Gasteiger partial charge in [0, 0.05) is 11.1 Å². The highest BCUT2D eigenvalue weighted by atomic mass is 16.6. The van der Waals surface area contributed by atoms with Gasteiger partial charge in [-0.3, -0.25) is 9.58 Å². The van der Waals surface area contributed by atoms with E-state index in [-0.39, 0.29) is 6.09 Å². The van der Waals surface area contributed by atoms with Crippen molar-refractivity contribution in [2.24, 2.45) is 0 Å². The van der Waals surface area contributed by atoms with Gasteiger partial charge in [-0.25, -0.2) is 4.79 Å². The maximum atomic E-state index is 13.4. The minimum absolute atomic E-state index is 0.358. The van der Waals surface area contributed by atoms with Gasteiger partial charge in [-0.05, 0) is 86.6 Å². The zero-order valence-corrected chi connectivity index (χ0v) is 23.5. The van der Waals surface area contributed by atoms with Crippen molar-refractivity contribution < 1.29 is 14.3 Å². The van der Waals surface area contributed by atoms with E-state index in [1.54, 1.807) is 12.0 Å². The topological polar surface area (TPSA) is 56.6 Å². The van der Waals surface area contributed by atoms with Crippen LogP contribution in [0.5, 0.6) is 5.75 Å². The van der Waals surface area contributed by atoms with Crippen LogP contribution < -0.4 is 9.64 Å². The Bertz CT molecular complexity index is 1400. The fourth-order valence-electron chi connectivity index (χ4n) is 5.36. The monoisotopic (exact) mass is 525 g/mol. The molecule has 204 valence electrons. The molecule has 1 saturated carbocycles. The SMILES string of the molecule is COc1ccc(Cn2ncc3cc(N(Cc4ccc(C5CCCCC5)cc4)C(=O)OC(C)(C)C)ccc32)cc1. The maximum absolute atomic E-state index is 13.4. The third kappa shape index (κ3) is 6.62. The number of rotatable bonds is 7. The van der Waals surface area contributed by atoms with Crippen LogP contribution in [0.3, 0.4) is 0 Å². The number of benzene rings is 3. The van der Waals surface area contributed by atoms with Crippen molar-refractivity contribution in [2.45, 2.75) is 77.5 Å². The summed E-state index contributed by atoms with van der Waals surface area (Å²) in [5.74, 6) is 1.49. The van der Waals surface area contributed by atoms with Gasteiger partial charge >= 0.3 is 6.09 Å². The lowest BCUT2D eigenvalue weighted by Gasteiger charge is -2.28. The minimum atomic E-state index is -0.590. The summed E-state index contributed by atoms with van der Waals surface area (Å²) in [7, 11) is 1.67. The van der Waals surface area contributed by atoms with E-state index in [1.807, 2.05) is 74.1 Å². The van der Waals surface area contributed by atoms with Crippen molar-refractivity contribution in [3.8, 4) is 5.75 Å². The van der Waals surface area contributed by atoms with E-state index in [0.29, 0.717) is 19.0 Å². The third-order valence-corrected chi connectivity index (χ3v) is 7.44. The van der Waals surface area contributed by atoms with Crippen molar-refractivity contribution >= 4 is 22.7 Å². The Morgan fingerprint density at radius 3 is 2.31 bits per heavy atom. The van der Waals surface area contributed by atoms with Crippen LogP contribution >= 0.6 is 0 Å². The number of methoxy groups -OCH3 is 1. The van der Waals surface area contributed by atoms with Crippen LogP contribution in [0.25, 0.3) is 10.9 Å². The Morgan fingerprint density at radius 2 is 1.64 bits per heavy atom. The molecule has 0 aliphatic heterocycles. The maximum Gasteiger partial charge on any atom is 0.415 e. The summed E-state index contributed by atoms with van der Waals surface area (Å²) in [6, 6.07) is 22.8. The fraction of sp³-hybridized carbons (Fsp3) is 0.394. The predicted molar refractivity (Wildman–Crippen MR) is 157 cm³/mol. The molecule has 1 amide bonds. The second-order valence-electron chi connectivity index (χ2n) is 11.5. The Morgan fingerprint density at radius 1 is 0.949 bits per heavy atom. The third-order valence-electron chi connectivity index (χ3n) is 7.44. The number of amides is 1. The van der Waals surface area contributed by atoms with Gasteiger partial charge in [0.15, 0.2) is 0 Å². The molecule has 39 heavy (non-hydrogen) atoms. The molecule has 6 heteroatoms. The minimum Gasteiger partial charge on any atom is -0.497 e. The predicted octanol–water partition coefficient (Wildman–Crippen LogP) is 8.08. The molecule has 0 N–H and O–H groups in total. The molecule has 0 bridgehead atoms. The first-order valence-electron chi connectivity index (χ1n) is 14.0. The van der Waals surface area contributed by atoms with Crippen molar-refractivity contribution in [1.29, 1.82) is 0 Å². The zero-order valence-electron chi connectivity index (χ0n) is 23.5. The molecule has 0 saturated heterocycles. The average Bonchev–Trinajstić information content (AvgIpc) is 3.33. The zero-order chi connectivity index (χ0) is 27.4. The van der Waals surface area contributed by atoms with E-state index in [9.17, 15) is 4.79 Å². The van der Waals surface area contributed by atoms with Crippen LogP contribution in [-0.4, -0.2) is 28.6 Å². The molecule has 0 radical (unpaired) electrons. The number of ether oxygens (including phenoxy) is 2. The number of nitrogens with zero attached hydrogens (tertiary/aromatic N) is 3. The van der Waals surface area contributed by atoms with Crippen molar-refractivity contribution in [3.63, 3.8) is 0 Å². The molecule has 0 atom stereocenters. The van der Waals surface area contributed by atoms with Crippen LogP contribution in [0.15, 0.2) is 72.9 Å². The summed E-state index contributed by atoms with van der Waals surface area (Å²) in [5.41, 5.74) is 4.83. The molecule has 6 nitrogen and oxygen atoms in total. The van der Waals surface area contributed by atoms with Crippen LogP contribution in [0.2, 0.25) is 0 Å². The molecule has 1 fully saturated rings. The van der Waals surface area contributed by atoms with Crippen LogP contribution in [0.4, 0.5) is 10.5 Å². The highest BCUT2D eigenvalue weighted by Crippen LogP contribution is 2.33. The first kappa shape index (κ1) is 26.8. The van der Waals surface area contributed by atoms with Gasteiger partial charge in [-0.1, -0.05) is 55.7 Å². The first-order valence-corrected chi connectivity index (χ1v) is 14.0. The van der Waals surface area contributed by atoms with Crippen molar-refractivity contribution in [1.82, 2.24) is 9.78 Å². The number of hydrogen-bond donors (Lipinski definition) is 0. The smallest absolute Gasteiger partial charge is 0.415 e. The number of fused-ring (bicyclic) bond motifs is 1. The lowest BCUT2D eigenvalue weighted by Crippen LogP contribution is -2.36. The molecule has 1 heterocycles. The molecule has 1 aliphatic rings. The standard InChI is InChI=1S/C33H39N3O3/c1-33(2,3)39-32(37)35(22-24-10-14-27(15-11-24)26-8-6-5-7-9-26)29-16-19-31-28(20-29)21-34-36(31)23-25-12-17-30(38-4)18-13-25/h10-21,26H,5-9,22-23H2,1-4H3. The van der Waals surface area contributed by atoms with Gasteiger partial charge in [-0.15, -0.1) is 0 Å². The normalized spacial score (nSPS) is 14.4. The summed E-state index contributed by atoms with van der Waals surface area (Å²) in [6.07, 6.45) is 8.03. The summed E-state index contributed by atoms with van der Waals surface area (Å²) in [5, 5.41) is 5.60. The van der Waals surface area contributed by atoms with E-state index < -0.39 is 5.60 Å². The summed E-state index contributed by atoms with van der Waals surface area (Å²) in [4.78, 5) is 15.1. The van der Waals surface area contributed by atoms with E-state index in [1.165, 1.54) is 37.7 Å². The van der Waals surface area contributed by atoms with Crippen molar-refractivity contribution in [2.75, 3.05) is 12.0 Å². The summed E-state index contributed by atoms with van der Waals surface area (Å²) >= 11 is 0. The highest BCUT2D eigenvalue weighted by Gasteiger charge is 2.24. The Labute approximate surface area is 231 Å². The van der Waals surface area contributed by atoms with Gasteiger partial charge in [-0.2, -0.15) is 5.10 Å². The number of aromatic nitrogens is 2. The second kappa shape index (κ2) is 11.5. The molecule has 0 unspecified atom stereocenters. The van der Waals surface area contributed by atoms with Crippen LogP contribution in [0, 0.1) is 0 Å². The Hall–Kier alpha value is -3.80. The van der Waals surface area contributed by atoms with Crippen LogP contribution in [-0.2, 0) is 17.8 Å². The number of carbonyl (C=O) groups is 1. The Kier molecular flexibility index (Phi) is 7.92. The average molecular weight is 526 g/mol. The molecule has 1 aromatic heterocycles. The number of carbonyl (C=O) groups excluding carboxylic acids is 1. The number of hydrogen-bond acceptors (Lipinski definition) is 4. The molecule has 3 aromatic carbocycles. The summed E-state index contributed by atoms with van der Waals surface area (Å²) < 4.78 is 13.1. The van der Waals surface area contributed by atoms with Crippen molar-refractivity contribution in [3.05, 3.63) is 89.6 Å². The molecule has 5 rings (SSSR count). The van der Waals surface area contributed by atoms with Gasteiger partial charge in [0.1, 0.15) is 11.4 Å². The lowest BCUT2D eigenvalue weighted by molar-refractivity contribution is 0.0577. The van der Waals surface area contributed by atoms with E-state index in [0.717, 1.165) is 33.5 Å². The van der Waals surface area contributed by atoms with Gasteiger partial charge < -0.3 is 9.47 Å². The van der Waals surface area contributed by atoms with Gasteiger partial charge in [0.05, 0.1) is 31.9 Å². The highest BCUT2D eigenvalue weighted by molar-refractivity contribution is 5.92. The molecule has 4 aromatic rings. The Balaban J connectivity index is 1.38. The largest absolute Gasteiger partial charge is 0.497 e. The molecular weight excluding hydrogens is 486 g/mol. The fourth-order valence-corrected chi connectivity index (χ4v) is 5.36. The second-order valence-corrected chi connectivity index (χ2v) is 11.5. The van der Waals surface area contributed by atoms with Gasteiger partial charge in [0.25, 0.3) is 0 Å².